The first-order valence-corrected chi connectivity index (χ1v) is 10.1. The average molecular weight is 481 g/mol. The van der Waals surface area contributed by atoms with Crippen molar-refractivity contribution < 1.29 is 18.7 Å². The molecule has 0 spiro atoms. The third kappa shape index (κ3) is 5.01. The van der Waals surface area contributed by atoms with Crippen LogP contribution in [0.15, 0.2) is 58.7 Å². The van der Waals surface area contributed by atoms with Crippen molar-refractivity contribution in [1.29, 1.82) is 0 Å². The van der Waals surface area contributed by atoms with Crippen molar-refractivity contribution in [3.63, 3.8) is 0 Å². The highest BCUT2D eigenvalue weighted by Crippen LogP contribution is 2.32. The molecule has 0 aliphatic heterocycles. The average Bonchev–Trinajstić information content (AvgIpc) is 3.07. The van der Waals surface area contributed by atoms with Crippen LogP contribution in [0.1, 0.15) is 0 Å². The Morgan fingerprint density at radius 3 is 2.79 bits per heavy atom. The minimum atomic E-state index is -0.856. The number of aromatic nitrogens is 3. The van der Waals surface area contributed by atoms with Crippen LogP contribution in [0.4, 0.5) is 14.5 Å². The number of phenolic OH excluding ortho intramolecular Hbond substituents is 1. The van der Waals surface area contributed by atoms with Crippen LogP contribution < -0.4 is 5.32 Å². The molecule has 0 bridgehead atoms. The number of hydrogen-bond acceptors (Lipinski definition) is 5. The zero-order valence-electron chi connectivity index (χ0n) is 14.9. The number of anilines is 1. The lowest BCUT2D eigenvalue weighted by Crippen LogP contribution is -2.15. The third-order valence-corrected chi connectivity index (χ3v) is 5.23. The van der Waals surface area contributed by atoms with Gasteiger partial charge in [0, 0.05) is 17.1 Å². The van der Waals surface area contributed by atoms with Crippen LogP contribution in [-0.2, 0) is 11.3 Å². The molecule has 0 fully saturated rings. The largest absolute Gasteiger partial charge is 0.507 e. The highest BCUT2D eigenvalue weighted by molar-refractivity contribution is 9.10. The lowest BCUT2D eigenvalue weighted by molar-refractivity contribution is -0.113. The maximum atomic E-state index is 13.7. The van der Waals surface area contributed by atoms with Gasteiger partial charge in [0.05, 0.1) is 17.0 Å². The fraction of sp³-hybridized carbons (Fsp3) is 0.105. The third-order valence-electron chi connectivity index (χ3n) is 3.77. The van der Waals surface area contributed by atoms with Gasteiger partial charge in [0.25, 0.3) is 0 Å². The molecular weight excluding hydrogens is 466 g/mol. The highest BCUT2D eigenvalue weighted by Gasteiger charge is 2.18. The van der Waals surface area contributed by atoms with Gasteiger partial charge < -0.3 is 10.4 Å². The summed E-state index contributed by atoms with van der Waals surface area (Å²) in [5, 5.41) is 21.2. The minimum Gasteiger partial charge on any atom is -0.507 e. The number of amides is 1. The number of aromatic hydroxyl groups is 1. The molecule has 3 aromatic rings. The predicted octanol–water partition coefficient (Wildman–Crippen LogP) is 4.61. The van der Waals surface area contributed by atoms with E-state index in [-0.39, 0.29) is 17.2 Å². The van der Waals surface area contributed by atoms with Gasteiger partial charge >= 0.3 is 0 Å². The Morgan fingerprint density at radius 1 is 1.28 bits per heavy atom. The summed E-state index contributed by atoms with van der Waals surface area (Å²) in [6.45, 7) is 4.06. The lowest BCUT2D eigenvalue weighted by Gasteiger charge is -2.10. The number of carbonyl (C=O) groups is 1. The van der Waals surface area contributed by atoms with Gasteiger partial charge in [0.15, 0.2) is 11.0 Å². The molecule has 6 nitrogen and oxygen atoms in total. The molecule has 150 valence electrons. The molecule has 1 amide bonds. The summed E-state index contributed by atoms with van der Waals surface area (Å²) in [7, 11) is 0. The number of phenols is 1. The second-order valence-electron chi connectivity index (χ2n) is 5.83. The molecule has 1 heterocycles. The van der Waals surface area contributed by atoms with Gasteiger partial charge in [-0.3, -0.25) is 9.36 Å². The molecule has 10 heteroatoms. The number of rotatable bonds is 7. The van der Waals surface area contributed by atoms with Crippen LogP contribution in [0.2, 0.25) is 0 Å². The summed E-state index contributed by atoms with van der Waals surface area (Å²) < 4.78 is 29.1. The van der Waals surface area contributed by atoms with Crippen molar-refractivity contribution in [3.05, 3.63) is 65.2 Å². The molecule has 29 heavy (non-hydrogen) atoms. The summed E-state index contributed by atoms with van der Waals surface area (Å²) in [5.74, 6) is -1.69. The molecule has 0 radical (unpaired) electrons. The van der Waals surface area contributed by atoms with E-state index in [9.17, 15) is 18.7 Å². The Kier molecular flexibility index (Phi) is 6.65. The molecule has 0 aliphatic carbocycles. The van der Waals surface area contributed by atoms with Gasteiger partial charge in [0.1, 0.15) is 17.4 Å². The molecule has 0 aliphatic rings. The fourth-order valence-electron chi connectivity index (χ4n) is 2.48. The smallest absolute Gasteiger partial charge is 0.234 e. The van der Waals surface area contributed by atoms with Crippen LogP contribution in [0.5, 0.6) is 5.75 Å². The van der Waals surface area contributed by atoms with Crippen molar-refractivity contribution in [3.8, 4) is 17.1 Å². The second kappa shape index (κ2) is 9.19. The number of carbonyl (C=O) groups excluding carboxylic acids is 1. The summed E-state index contributed by atoms with van der Waals surface area (Å²) in [6, 6.07) is 7.84. The van der Waals surface area contributed by atoms with E-state index in [1.807, 2.05) is 0 Å². The van der Waals surface area contributed by atoms with E-state index < -0.39 is 17.5 Å². The van der Waals surface area contributed by atoms with Crippen molar-refractivity contribution in [2.24, 2.45) is 0 Å². The van der Waals surface area contributed by atoms with Crippen molar-refractivity contribution >= 4 is 39.3 Å². The lowest BCUT2D eigenvalue weighted by atomic mass is 10.2. The van der Waals surface area contributed by atoms with E-state index in [0.29, 0.717) is 29.2 Å². The zero-order chi connectivity index (χ0) is 21.0. The summed E-state index contributed by atoms with van der Waals surface area (Å²) in [5.41, 5.74) is 0.364. The number of benzene rings is 2. The quantitative estimate of drug-likeness (QED) is 0.381. The fourth-order valence-corrected chi connectivity index (χ4v) is 3.59. The number of allylic oxidation sites excluding steroid dienone is 1. The summed E-state index contributed by atoms with van der Waals surface area (Å²) in [6.07, 6.45) is 1.64. The van der Waals surface area contributed by atoms with E-state index in [4.69, 9.17) is 0 Å². The van der Waals surface area contributed by atoms with E-state index in [1.54, 1.807) is 22.8 Å². The van der Waals surface area contributed by atoms with Gasteiger partial charge in [-0.15, -0.1) is 16.8 Å². The Balaban J connectivity index is 1.77. The van der Waals surface area contributed by atoms with Crippen molar-refractivity contribution in [1.82, 2.24) is 14.8 Å². The number of nitrogens with zero attached hydrogens (tertiary/aromatic N) is 3. The molecule has 1 aromatic heterocycles. The predicted molar refractivity (Wildman–Crippen MR) is 111 cm³/mol. The summed E-state index contributed by atoms with van der Waals surface area (Å²) in [4.78, 5) is 12.2. The second-order valence-corrected chi connectivity index (χ2v) is 7.69. The first-order valence-electron chi connectivity index (χ1n) is 8.29. The maximum Gasteiger partial charge on any atom is 0.234 e. The topological polar surface area (TPSA) is 80.0 Å². The highest BCUT2D eigenvalue weighted by atomic mass is 79.9. The SMILES string of the molecule is C=CCn1c(SCC(=O)Nc2ccc(F)cc2F)nnc1-c1cc(Br)ccc1O. The van der Waals surface area contributed by atoms with Crippen LogP contribution in [0.3, 0.4) is 0 Å². The molecule has 0 atom stereocenters. The van der Waals surface area contributed by atoms with E-state index in [0.717, 1.165) is 28.4 Å². The van der Waals surface area contributed by atoms with E-state index in [2.05, 4.69) is 38.0 Å². The van der Waals surface area contributed by atoms with E-state index >= 15 is 0 Å². The molecular formula is C19H15BrF2N4O2S. The summed E-state index contributed by atoms with van der Waals surface area (Å²) >= 11 is 4.44. The van der Waals surface area contributed by atoms with Crippen LogP contribution in [-0.4, -0.2) is 31.5 Å². The molecule has 0 saturated carbocycles. The van der Waals surface area contributed by atoms with Gasteiger partial charge in [-0.1, -0.05) is 33.8 Å². The maximum absolute atomic E-state index is 13.7. The van der Waals surface area contributed by atoms with Crippen LogP contribution in [0, 0.1) is 11.6 Å². The Labute approximate surface area is 177 Å². The molecule has 0 saturated heterocycles. The van der Waals surface area contributed by atoms with Gasteiger partial charge in [0.2, 0.25) is 5.91 Å². The minimum absolute atomic E-state index is 0.0343. The molecule has 0 unspecified atom stereocenters. The van der Waals surface area contributed by atoms with Crippen molar-refractivity contribution in [2.45, 2.75) is 11.7 Å². The van der Waals surface area contributed by atoms with Crippen LogP contribution >= 0.6 is 27.7 Å². The normalized spacial score (nSPS) is 10.7. The van der Waals surface area contributed by atoms with E-state index in [1.165, 1.54) is 6.07 Å². The number of nitrogens with one attached hydrogen (secondary N) is 1. The molecule has 2 aromatic carbocycles. The number of thioether (sulfide) groups is 1. The zero-order valence-corrected chi connectivity index (χ0v) is 17.3. The molecule has 2 N–H and O–H groups in total. The van der Waals surface area contributed by atoms with Gasteiger partial charge in [-0.25, -0.2) is 8.78 Å². The number of hydrogen-bond donors (Lipinski definition) is 2. The Hall–Kier alpha value is -2.72. The Morgan fingerprint density at radius 2 is 2.07 bits per heavy atom. The first kappa shape index (κ1) is 21.0. The van der Waals surface area contributed by atoms with Crippen LogP contribution in [0.25, 0.3) is 11.4 Å². The Bertz CT molecular complexity index is 1070. The van der Waals surface area contributed by atoms with Gasteiger partial charge in [-0.2, -0.15) is 0 Å². The standard InChI is InChI=1S/C19H15BrF2N4O2S/c1-2-7-26-18(13-8-11(20)3-6-16(13)27)24-25-19(26)29-10-17(28)23-15-5-4-12(21)9-14(15)22/h2-6,8-9,27H,1,7,10H2,(H,23,28). The number of halogens is 3. The monoisotopic (exact) mass is 480 g/mol. The molecule has 3 rings (SSSR count). The first-order chi connectivity index (χ1) is 13.9. The van der Waals surface area contributed by atoms with Gasteiger partial charge in [-0.05, 0) is 30.3 Å². The van der Waals surface area contributed by atoms with Crippen molar-refractivity contribution in [2.75, 3.05) is 11.1 Å².